The summed E-state index contributed by atoms with van der Waals surface area (Å²) in [5.74, 6) is 0. The van der Waals surface area contributed by atoms with Gasteiger partial charge in [-0.15, -0.1) is 0 Å². The van der Waals surface area contributed by atoms with Crippen molar-refractivity contribution in [3.05, 3.63) is 23.3 Å². The van der Waals surface area contributed by atoms with Crippen LogP contribution in [-0.2, 0) is 4.74 Å². The Bertz CT molecular complexity index is 300. The Morgan fingerprint density at radius 3 is 2.29 bits per heavy atom. The molecule has 0 bridgehead atoms. The van der Waals surface area contributed by atoms with E-state index in [0.717, 1.165) is 25.7 Å². The predicted octanol–water partition coefficient (Wildman–Crippen LogP) is 3.61. The van der Waals surface area contributed by atoms with Crippen LogP contribution < -0.4 is 0 Å². The molecule has 0 aromatic rings. The van der Waals surface area contributed by atoms with Gasteiger partial charge in [0, 0.05) is 0 Å². The van der Waals surface area contributed by atoms with Gasteiger partial charge in [0.2, 0.25) is 0 Å². The molecule has 0 aromatic carbocycles. The van der Waals surface area contributed by atoms with Crippen LogP contribution in [0.15, 0.2) is 23.3 Å². The van der Waals surface area contributed by atoms with Crippen LogP contribution in [0.25, 0.3) is 0 Å². The van der Waals surface area contributed by atoms with Gasteiger partial charge in [-0.3, -0.25) is 0 Å². The molecule has 0 spiro atoms. The molecule has 17 heavy (non-hydrogen) atoms. The summed E-state index contributed by atoms with van der Waals surface area (Å²) in [7, 11) is 0. The van der Waals surface area contributed by atoms with E-state index in [2.05, 4.69) is 33.8 Å². The van der Waals surface area contributed by atoms with Crippen LogP contribution >= 0.6 is 0 Å². The van der Waals surface area contributed by atoms with Gasteiger partial charge in [-0.2, -0.15) is 0 Å². The van der Waals surface area contributed by atoms with E-state index in [1.165, 1.54) is 11.1 Å². The Kier molecular flexibility index (Phi) is 5.41. The highest BCUT2D eigenvalue weighted by molar-refractivity contribution is 5.05. The molecule has 0 aliphatic carbocycles. The van der Waals surface area contributed by atoms with Crippen LogP contribution in [0.3, 0.4) is 0 Å². The van der Waals surface area contributed by atoms with Gasteiger partial charge in [0.15, 0.2) is 0 Å². The lowest BCUT2D eigenvalue weighted by Gasteiger charge is -2.01. The van der Waals surface area contributed by atoms with Crippen molar-refractivity contribution < 1.29 is 9.84 Å². The quantitative estimate of drug-likeness (QED) is 0.543. The summed E-state index contributed by atoms with van der Waals surface area (Å²) >= 11 is 0. The minimum atomic E-state index is 0.126. The van der Waals surface area contributed by atoms with E-state index in [9.17, 15) is 0 Å². The minimum Gasteiger partial charge on any atom is -0.392 e. The SMILES string of the molecule is CC(=CCC/C(C)=C/CO)CCC1OC1(C)C. The molecule has 0 radical (unpaired) electrons. The normalized spacial score (nSPS) is 23.9. The molecule has 2 nitrogen and oxygen atoms in total. The summed E-state index contributed by atoms with van der Waals surface area (Å²) in [5, 5.41) is 8.74. The molecule has 1 aliphatic heterocycles. The molecule has 0 amide bonds. The lowest BCUT2D eigenvalue weighted by atomic mass is 10.0. The molecule has 1 atom stereocenters. The van der Waals surface area contributed by atoms with Crippen molar-refractivity contribution in [1.82, 2.24) is 0 Å². The molecular weight excluding hydrogens is 212 g/mol. The zero-order chi connectivity index (χ0) is 12.9. The largest absolute Gasteiger partial charge is 0.392 e. The highest BCUT2D eigenvalue weighted by Crippen LogP contribution is 2.38. The third-order valence-electron chi connectivity index (χ3n) is 3.44. The van der Waals surface area contributed by atoms with Crippen LogP contribution in [-0.4, -0.2) is 23.4 Å². The van der Waals surface area contributed by atoms with Crippen LogP contribution in [0.4, 0.5) is 0 Å². The molecule has 0 aromatic heterocycles. The smallest absolute Gasteiger partial charge is 0.0892 e. The number of rotatable bonds is 7. The van der Waals surface area contributed by atoms with E-state index in [1.54, 1.807) is 0 Å². The summed E-state index contributed by atoms with van der Waals surface area (Å²) in [6.45, 7) is 8.72. The Balaban J connectivity index is 2.15. The van der Waals surface area contributed by atoms with Crippen molar-refractivity contribution in [2.24, 2.45) is 0 Å². The van der Waals surface area contributed by atoms with Gasteiger partial charge >= 0.3 is 0 Å². The number of epoxide rings is 1. The van der Waals surface area contributed by atoms with Crippen molar-refractivity contribution in [1.29, 1.82) is 0 Å². The number of hydrogen-bond donors (Lipinski definition) is 1. The maximum absolute atomic E-state index is 8.74. The number of aliphatic hydroxyl groups is 1. The monoisotopic (exact) mass is 238 g/mol. The average molecular weight is 238 g/mol. The number of hydrogen-bond acceptors (Lipinski definition) is 2. The van der Waals surface area contributed by atoms with Gasteiger partial charge in [-0.1, -0.05) is 23.3 Å². The first kappa shape index (κ1) is 14.5. The van der Waals surface area contributed by atoms with Gasteiger partial charge in [-0.25, -0.2) is 0 Å². The van der Waals surface area contributed by atoms with E-state index in [-0.39, 0.29) is 12.2 Å². The van der Waals surface area contributed by atoms with E-state index < -0.39 is 0 Å². The third kappa shape index (κ3) is 5.51. The second-order valence-electron chi connectivity index (χ2n) is 5.57. The van der Waals surface area contributed by atoms with Crippen LogP contribution in [0.1, 0.15) is 53.4 Å². The second kappa shape index (κ2) is 6.36. The van der Waals surface area contributed by atoms with Crippen molar-refractivity contribution >= 4 is 0 Å². The predicted molar refractivity (Wildman–Crippen MR) is 72.0 cm³/mol. The first-order valence-electron chi connectivity index (χ1n) is 6.55. The Morgan fingerprint density at radius 1 is 1.18 bits per heavy atom. The van der Waals surface area contributed by atoms with E-state index in [4.69, 9.17) is 9.84 Å². The summed E-state index contributed by atoms with van der Waals surface area (Å²) in [4.78, 5) is 0. The van der Waals surface area contributed by atoms with Crippen LogP contribution in [0.2, 0.25) is 0 Å². The molecule has 1 fully saturated rings. The van der Waals surface area contributed by atoms with Gasteiger partial charge in [0.05, 0.1) is 18.3 Å². The average Bonchev–Trinajstić information content (AvgIpc) is 2.84. The Labute approximate surface area is 105 Å². The maximum Gasteiger partial charge on any atom is 0.0892 e. The third-order valence-corrected chi connectivity index (χ3v) is 3.44. The zero-order valence-corrected chi connectivity index (χ0v) is 11.6. The summed E-state index contributed by atoms with van der Waals surface area (Å²) in [6.07, 6.45) is 9.04. The molecule has 1 saturated heterocycles. The molecule has 1 rings (SSSR count). The fourth-order valence-electron chi connectivity index (χ4n) is 2.00. The fourth-order valence-corrected chi connectivity index (χ4v) is 2.00. The lowest BCUT2D eigenvalue weighted by molar-refractivity contribution is 0.320. The van der Waals surface area contributed by atoms with Crippen LogP contribution in [0.5, 0.6) is 0 Å². The van der Waals surface area contributed by atoms with Crippen LogP contribution in [0, 0.1) is 0 Å². The first-order valence-corrected chi connectivity index (χ1v) is 6.55. The molecule has 1 unspecified atom stereocenters. The molecule has 98 valence electrons. The van der Waals surface area contributed by atoms with Gasteiger partial charge in [0.25, 0.3) is 0 Å². The van der Waals surface area contributed by atoms with E-state index in [0.29, 0.717) is 6.10 Å². The Morgan fingerprint density at radius 2 is 1.76 bits per heavy atom. The fraction of sp³-hybridized carbons (Fsp3) is 0.733. The van der Waals surface area contributed by atoms with Gasteiger partial charge < -0.3 is 9.84 Å². The molecule has 0 saturated carbocycles. The van der Waals surface area contributed by atoms with Crippen molar-refractivity contribution in [2.45, 2.75) is 65.1 Å². The molecule has 1 N–H and O–H groups in total. The van der Waals surface area contributed by atoms with Crippen molar-refractivity contribution in [3.8, 4) is 0 Å². The summed E-state index contributed by atoms with van der Waals surface area (Å²) in [6, 6.07) is 0. The lowest BCUT2D eigenvalue weighted by Crippen LogP contribution is -2.02. The van der Waals surface area contributed by atoms with E-state index in [1.807, 2.05) is 6.08 Å². The number of allylic oxidation sites excluding steroid dienone is 3. The molecule has 1 heterocycles. The standard InChI is InChI=1S/C15H26O2/c1-12(6-5-7-13(2)10-11-16)8-9-14-15(3,4)17-14/h6,10,14,16H,5,7-9,11H2,1-4H3/b12-6?,13-10+. The highest BCUT2D eigenvalue weighted by atomic mass is 16.6. The number of aliphatic hydroxyl groups excluding tert-OH is 1. The van der Waals surface area contributed by atoms with Crippen molar-refractivity contribution in [2.75, 3.05) is 6.61 Å². The highest BCUT2D eigenvalue weighted by Gasteiger charge is 2.46. The first-order chi connectivity index (χ1) is 7.95. The Hall–Kier alpha value is -0.600. The maximum atomic E-state index is 8.74. The molecule has 1 aliphatic rings. The van der Waals surface area contributed by atoms with Gasteiger partial charge in [-0.05, 0) is 53.4 Å². The molecule has 2 heteroatoms. The number of ether oxygens (including phenoxy) is 1. The summed E-state index contributed by atoms with van der Waals surface area (Å²) in [5.41, 5.74) is 2.84. The van der Waals surface area contributed by atoms with Gasteiger partial charge in [0.1, 0.15) is 0 Å². The topological polar surface area (TPSA) is 32.8 Å². The molecular formula is C15H26O2. The summed E-state index contributed by atoms with van der Waals surface area (Å²) < 4.78 is 5.57. The van der Waals surface area contributed by atoms with E-state index >= 15 is 0 Å². The van der Waals surface area contributed by atoms with Crippen molar-refractivity contribution in [3.63, 3.8) is 0 Å². The zero-order valence-electron chi connectivity index (χ0n) is 11.6. The minimum absolute atomic E-state index is 0.126. The second-order valence-corrected chi connectivity index (χ2v) is 5.57.